The number of aromatic nitrogens is 2. The third-order valence-electron chi connectivity index (χ3n) is 6.59. The van der Waals surface area contributed by atoms with Gasteiger partial charge in [0.25, 0.3) is 5.56 Å². The molecule has 6 nitrogen and oxygen atoms in total. The molecule has 1 saturated heterocycles. The molecule has 1 N–H and O–H groups in total. The molecule has 178 valence electrons. The first-order valence-electron chi connectivity index (χ1n) is 12.3. The van der Waals surface area contributed by atoms with Crippen LogP contribution < -0.4 is 15.8 Å². The van der Waals surface area contributed by atoms with E-state index < -0.39 is 0 Å². The number of nitrogens with one attached hydrogen (secondary N) is 1. The molecule has 1 aliphatic rings. The van der Waals surface area contributed by atoms with E-state index in [4.69, 9.17) is 0 Å². The molecule has 1 aliphatic heterocycles. The molecule has 1 aromatic heterocycles. The van der Waals surface area contributed by atoms with Crippen molar-refractivity contribution >= 4 is 11.7 Å². The lowest BCUT2D eigenvalue weighted by Gasteiger charge is -2.33. The first-order valence-corrected chi connectivity index (χ1v) is 12.3. The van der Waals surface area contributed by atoms with E-state index in [-0.39, 0.29) is 23.4 Å². The van der Waals surface area contributed by atoms with E-state index in [1.54, 1.807) is 12.1 Å². The van der Waals surface area contributed by atoms with Gasteiger partial charge >= 0.3 is 0 Å². The molecule has 0 saturated carbocycles. The van der Waals surface area contributed by atoms with Crippen LogP contribution in [0.2, 0.25) is 0 Å². The van der Waals surface area contributed by atoms with Gasteiger partial charge in [0, 0.05) is 25.2 Å². The molecule has 2 heterocycles. The molecule has 1 amide bonds. The topological polar surface area (TPSA) is 67.2 Å². The van der Waals surface area contributed by atoms with Crippen LogP contribution in [0.5, 0.6) is 0 Å². The van der Waals surface area contributed by atoms with Gasteiger partial charge in [-0.3, -0.25) is 9.59 Å². The Morgan fingerprint density at radius 2 is 1.82 bits per heavy atom. The summed E-state index contributed by atoms with van der Waals surface area (Å²) in [5, 5.41) is 7.85. The van der Waals surface area contributed by atoms with Crippen molar-refractivity contribution in [3.8, 4) is 5.69 Å². The molecule has 4 rings (SSSR count). The summed E-state index contributed by atoms with van der Waals surface area (Å²) in [4.78, 5) is 27.6. The van der Waals surface area contributed by atoms with Crippen LogP contribution in [0.1, 0.15) is 44.2 Å². The lowest BCUT2D eigenvalue weighted by Crippen LogP contribution is -2.46. The number of anilines is 1. The van der Waals surface area contributed by atoms with Gasteiger partial charge in [-0.1, -0.05) is 49.4 Å². The molecular weight excluding hydrogens is 424 g/mol. The minimum absolute atomic E-state index is 0.0843. The van der Waals surface area contributed by atoms with Crippen molar-refractivity contribution in [3.05, 3.63) is 88.2 Å². The van der Waals surface area contributed by atoms with Crippen LogP contribution in [-0.2, 0) is 17.6 Å². The molecule has 0 aliphatic carbocycles. The van der Waals surface area contributed by atoms with Gasteiger partial charge in [0.05, 0.1) is 11.6 Å². The maximum atomic E-state index is 13.0. The Bertz CT molecular complexity index is 1140. The average Bonchev–Trinajstić information content (AvgIpc) is 2.88. The van der Waals surface area contributed by atoms with Crippen molar-refractivity contribution in [1.82, 2.24) is 15.1 Å². The van der Waals surface area contributed by atoms with E-state index in [1.807, 2.05) is 42.5 Å². The number of hydrogen-bond donors (Lipinski definition) is 1. The smallest absolute Gasteiger partial charge is 0.271 e. The fourth-order valence-electron chi connectivity index (χ4n) is 4.49. The summed E-state index contributed by atoms with van der Waals surface area (Å²) in [6.07, 6.45) is 4.60. The summed E-state index contributed by atoms with van der Waals surface area (Å²) < 4.78 is 1.45. The van der Waals surface area contributed by atoms with Gasteiger partial charge in [-0.05, 0) is 68.4 Å². The van der Waals surface area contributed by atoms with E-state index in [0.717, 1.165) is 50.2 Å². The van der Waals surface area contributed by atoms with Crippen molar-refractivity contribution in [1.29, 1.82) is 0 Å². The summed E-state index contributed by atoms with van der Waals surface area (Å²) in [5.74, 6) is 0.751. The van der Waals surface area contributed by atoms with Crippen molar-refractivity contribution in [2.24, 2.45) is 5.92 Å². The standard InChI is InChI=1S/C28H34N4O2/c1-3-22-13-15-25(16-14-22)32-27(33)18-17-26(30-32)31-19-7-10-24(20-31)28(34)29-21(2)11-12-23-8-5-4-6-9-23/h4-6,8-9,13-18,21,24H,3,7,10-12,19-20H2,1-2H3,(H,29,34)/t21-,24+/m1/s1. The third-order valence-corrected chi connectivity index (χ3v) is 6.59. The zero-order valence-corrected chi connectivity index (χ0v) is 20.1. The highest BCUT2D eigenvalue weighted by atomic mass is 16.2. The number of amides is 1. The maximum Gasteiger partial charge on any atom is 0.271 e. The predicted molar refractivity (Wildman–Crippen MR) is 137 cm³/mol. The molecule has 0 radical (unpaired) electrons. The van der Waals surface area contributed by atoms with Gasteiger partial charge in [-0.15, -0.1) is 5.10 Å². The lowest BCUT2D eigenvalue weighted by molar-refractivity contribution is -0.125. The normalized spacial score (nSPS) is 16.8. The molecule has 2 aromatic carbocycles. The third kappa shape index (κ3) is 5.93. The van der Waals surface area contributed by atoms with E-state index in [2.05, 4.69) is 41.3 Å². The van der Waals surface area contributed by atoms with Crippen molar-refractivity contribution in [2.75, 3.05) is 18.0 Å². The first-order chi connectivity index (χ1) is 16.5. The van der Waals surface area contributed by atoms with Gasteiger partial charge < -0.3 is 10.2 Å². The second-order valence-corrected chi connectivity index (χ2v) is 9.18. The monoisotopic (exact) mass is 458 g/mol. The van der Waals surface area contributed by atoms with Crippen LogP contribution >= 0.6 is 0 Å². The zero-order chi connectivity index (χ0) is 23.9. The van der Waals surface area contributed by atoms with Crippen molar-refractivity contribution < 1.29 is 4.79 Å². The summed E-state index contributed by atoms with van der Waals surface area (Å²) in [5.41, 5.74) is 3.10. The first kappa shape index (κ1) is 23.7. The summed E-state index contributed by atoms with van der Waals surface area (Å²) in [7, 11) is 0. The summed E-state index contributed by atoms with van der Waals surface area (Å²) in [6.45, 7) is 5.61. The SMILES string of the molecule is CCc1ccc(-n2nc(N3CCC[C@H](C(=O)N[C@H](C)CCc4ccccc4)C3)ccc2=O)cc1. The molecule has 2 atom stereocenters. The van der Waals surface area contributed by atoms with Gasteiger partial charge in [0.2, 0.25) is 5.91 Å². The van der Waals surface area contributed by atoms with Crippen LogP contribution in [0.4, 0.5) is 5.82 Å². The minimum atomic E-state index is -0.161. The Labute approximate surface area is 201 Å². The average molecular weight is 459 g/mol. The van der Waals surface area contributed by atoms with Crippen LogP contribution in [0.25, 0.3) is 5.69 Å². The predicted octanol–water partition coefficient (Wildman–Crippen LogP) is 4.15. The van der Waals surface area contributed by atoms with E-state index in [0.29, 0.717) is 6.54 Å². The number of carbonyl (C=O) groups excluding carboxylic acids is 1. The van der Waals surface area contributed by atoms with Gasteiger partial charge in [0.15, 0.2) is 0 Å². The number of hydrogen-bond acceptors (Lipinski definition) is 4. The fourth-order valence-corrected chi connectivity index (χ4v) is 4.49. The number of benzene rings is 2. The number of aryl methyl sites for hydroxylation is 2. The van der Waals surface area contributed by atoms with Crippen LogP contribution in [-0.4, -0.2) is 34.8 Å². The molecule has 0 bridgehead atoms. The molecular formula is C28H34N4O2. The fraction of sp³-hybridized carbons (Fsp3) is 0.393. The van der Waals surface area contributed by atoms with E-state index in [1.165, 1.54) is 15.8 Å². The van der Waals surface area contributed by atoms with Gasteiger partial charge in [0.1, 0.15) is 5.82 Å². The second-order valence-electron chi connectivity index (χ2n) is 9.18. The van der Waals surface area contributed by atoms with E-state index >= 15 is 0 Å². The maximum absolute atomic E-state index is 13.0. The van der Waals surface area contributed by atoms with Crippen LogP contribution in [0.3, 0.4) is 0 Å². The highest BCUT2D eigenvalue weighted by Crippen LogP contribution is 2.22. The highest BCUT2D eigenvalue weighted by molar-refractivity contribution is 5.79. The number of carbonyl (C=O) groups is 1. The summed E-state index contributed by atoms with van der Waals surface area (Å²) in [6, 6.07) is 21.7. The molecule has 6 heteroatoms. The van der Waals surface area contributed by atoms with E-state index in [9.17, 15) is 9.59 Å². The Hall–Kier alpha value is -3.41. The molecule has 0 spiro atoms. The Kier molecular flexibility index (Phi) is 7.78. The van der Waals surface area contributed by atoms with Gasteiger partial charge in [-0.2, -0.15) is 4.68 Å². The number of piperidine rings is 1. The summed E-state index contributed by atoms with van der Waals surface area (Å²) >= 11 is 0. The molecule has 3 aromatic rings. The van der Waals surface area contributed by atoms with Gasteiger partial charge in [-0.25, -0.2) is 0 Å². The van der Waals surface area contributed by atoms with Crippen LogP contribution in [0, 0.1) is 5.92 Å². The Morgan fingerprint density at radius 3 is 2.56 bits per heavy atom. The minimum Gasteiger partial charge on any atom is -0.354 e. The molecule has 1 fully saturated rings. The molecule has 0 unspecified atom stereocenters. The van der Waals surface area contributed by atoms with Crippen LogP contribution in [0.15, 0.2) is 71.5 Å². The molecule has 34 heavy (non-hydrogen) atoms. The number of rotatable bonds is 8. The quantitative estimate of drug-likeness (QED) is 0.551. The Morgan fingerprint density at radius 1 is 1.06 bits per heavy atom. The van der Waals surface area contributed by atoms with Crippen molar-refractivity contribution in [3.63, 3.8) is 0 Å². The zero-order valence-electron chi connectivity index (χ0n) is 20.1. The van der Waals surface area contributed by atoms with Crippen molar-refractivity contribution in [2.45, 2.75) is 52.0 Å². The second kappa shape index (κ2) is 11.1. The Balaban J connectivity index is 1.39. The highest BCUT2D eigenvalue weighted by Gasteiger charge is 2.27. The largest absolute Gasteiger partial charge is 0.354 e. The number of nitrogens with zero attached hydrogens (tertiary/aromatic N) is 3. The lowest BCUT2D eigenvalue weighted by atomic mass is 9.96.